The molecule has 2 heterocycles. The summed E-state index contributed by atoms with van der Waals surface area (Å²) in [4.78, 5) is 0. The second-order valence-electron chi connectivity index (χ2n) is 4.93. The average molecular weight is 325 g/mol. The molecule has 3 rings (SSSR count). The summed E-state index contributed by atoms with van der Waals surface area (Å²) in [6.07, 6.45) is 1.11. The largest absolute Gasteiger partial charge is 0.474 e. The number of hydrogen-bond donors (Lipinski definition) is 0. The quantitative estimate of drug-likeness (QED) is 0.786. The number of benzene rings is 1. The van der Waals surface area contributed by atoms with Gasteiger partial charge in [0, 0.05) is 12.0 Å². The molecule has 2 atom stereocenters. The van der Waals surface area contributed by atoms with Crippen LogP contribution in [-0.4, -0.2) is 15.9 Å². The Labute approximate surface area is 119 Å². The van der Waals surface area contributed by atoms with Crippen LogP contribution < -0.4 is 4.74 Å². The lowest BCUT2D eigenvalue weighted by Crippen LogP contribution is -2.26. The zero-order valence-corrected chi connectivity index (χ0v) is 12.3. The highest BCUT2D eigenvalue weighted by Gasteiger charge is 2.28. The summed E-state index contributed by atoms with van der Waals surface area (Å²) < 4.78 is 21.5. The molecule has 0 amide bonds. The molecule has 5 heteroatoms. The van der Waals surface area contributed by atoms with Gasteiger partial charge in [0.15, 0.2) is 0 Å². The van der Waals surface area contributed by atoms with Crippen molar-refractivity contribution in [2.75, 3.05) is 0 Å². The number of ether oxygens (including phenoxy) is 1. The van der Waals surface area contributed by atoms with E-state index in [4.69, 9.17) is 4.74 Å². The summed E-state index contributed by atoms with van der Waals surface area (Å²) in [7, 11) is 0. The van der Waals surface area contributed by atoms with Crippen molar-refractivity contribution in [3.05, 3.63) is 34.6 Å². The van der Waals surface area contributed by atoms with Gasteiger partial charge in [0.05, 0.1) is 12.1 Å². The maximum atomic E-state index is 13.0. The predicted octanol–water partition coefficient (Wildman–Crippen LogP) is 4.18. The van der Waals surface area contributed by atoms with Crippen molar-refractivity contribution in [3.63, 3.8) is 0 Å². The summed E-state index contributed by atoms with van der Waals surface area (Å²) in [5.41, 5.74) is 1.66. The van der Waals surface area contributed by atoms with E-state index < -0.39 is 0 Å². The monoisotopic (exact) mass is 324 g/mol. The average Bonchev–Trinajstić information content (AvgIpc) is 2.69. The van der Waals surface area contributed by atoms with E-state index in [1.54, 1.807) is 12.1 Å². The molecule has 0 aliphatic carbocycles. The second kappa shape index (κ2) is 4.63. The standard InChI is InChI=1S/C14H14BrFN2O/c1-8-7-9(2)19-14-12(15)13(17-18(8)14)10-3-5-11(16)6-4-10/h3-6,8-9H,7H2,1-2H3/t8-,9+/m0/s1. The highest BCUT2D eigenvalue weighted by molar-refractivity contribution is 9.10. The molecule has 3 nitrogen and oxygen atoms in total. The number of fused-ring (bicyclic) bond motifs is 1. The molecule has 0 radical (unpaired) electrons. The Morgan fingerprint density at radius 3 is 2.68 bits per heavy atom. The van der Waals surface area contributed by atoms with E-state index in [1.807, 2.05) is 4.68 Å². The molecule has 100 valence electrons. The summed E-state index contributed by atoms with van der Waals surface area (Å²) in [5, 5.41) is 4.59. The second-order valence-corrected chi connectivity index (χ2v) is 5.73. The molecular weight excluding hydrogens is 311 g/mol. The smallest absolute Gasteiger partial charge is 0.227 e. The van der Waals surface area contributed by atoms with Crippen LogP contribution in [0.3, 0.4) is 0 Å². The molecule has 0 fully saturated rings. The first-order chi connectivity index (χ1) is 9.06. The van der Waals surface area contributed by atoms with Crippen molar-refractivity contribution in [1.82, 2.24) is 9.78 Å². The molecule has 0 spiro atoms. The van der Waals surface area contributed by atoms with Crippen LogP contribution in [0.1, 0.15) is 26.3 Å². The zero-order valence-electron chi connectivity index (χ0n) is 10.7. The van der Waals surface area contributed by atoms with Gasteiger partial charge in [-0.2, -0.15) is 5.10 Å². The normalized spacial score (nSPS) is 21.9. The molecule has 1 aliphatic rings. The molecular formula is C14H14BrFN2O. The van der Waals surface area contributed by atoms with Gasteiger partial charge in [0.25, 0.3) is 0 Å². The van der Waals surface area contributed by atoms with Crippen molar-refractivity contribution in [2.24, 2.45) is 0 Å². The third-order valence-corrected chi connectivity index (χ3v) is 4.05. The van der Waals surface area contributed by atoms with Gasteiger partial charge in [-0.05, 0) is 54.0 Å². The summed E-state index contributed by atoms with van der Waals surface area (Å²) in [6, 6.07) is 6.62. The maximum Gasteiger partial charge on any atom is 0.227 e. The Morgan fingerprint density at radius 1 is 1.32 bits per heavy atom. The van der Waals surface area contributed by atoms with Crippen LogP contribution in [0.15, 0.2) is 28.7 Å². The number of hydrogen-bond acceptors (Lipinski definition) is 2. The van der Waals surface area contributed by atoms with Crippen LogP contribution >= 0.6 is 15.9 Å². The van der Waals surface area contributed by atoms with Gasteiger partial charge >= 0.3 is 0 Å². The SMILES string of the molecule is C[C@@H]1C[C@H](C)n2nc(-c3ccc(F)cc3)c(Br)c2O1. The van der Waals surface area contributed by atoms with E-state index in [2.05, 4.69) is 34.9 Å². The molecule has 1 aromatic heterocycles. The molecule has 0 unspecified atom stereocenters. The molecule has 1 aliphatic heterocycles. The minimum Gasteiger partial charge on any atom is -0.474 e. The van der Waals surface area contributed by atoms with Crippen molar-refractivity contribution >= 4 is 15.9 Å². The van der Waals surface area contributed by atoms with Crippen LogP contribution in [-0.2, 0) is 0 Å². The first-order valence-corrected chi connectivity index (χ1v) is 7.06. The molecule has 19 heavy (non-hydrogen) atoms. The number of aromatic nitrogens is 2. The highest BCUT2D eigenvalue weighted by Crippen LogP contribution is 2.40. The van der Waals surface area contributed by atoms with E-state index >= 15 is 0 Å². The zero-order chi connectivity index (χ0) is 13.6. The Bertz CT molecular complexity index is 609. The Morgan fingerprint density at radius 2 is 2.00 bits per heavy atom. The topological polar surface area (TPSA) is 27.1 Å². The third-order valence-electron chi connectivity index (χ3n) is 3.33. The van der Waals surface area contributed by atoms with Crippen LogP contribution in [0, 0.1) is 5.82 Å². The van der Waals surface area contributed by atoms with Crippen LogP contribution in [0.25, 0.3) is 11.3 Å². The number of nitrogens with zero attached hydrogens (tertiary/aromatic N) is 2. The Kier molecular flexibility index (Phi) is 3.09. The van der Waals surface area contributed by atoms with Crippen molar-refractivity contribution < 1.29 is 9.13 Å². The van der Waals surface area contributed by atoms with E-state index in [0.717, 1.165) is 28.0 Å². The summed E-state index contributed by atoms with van der Waals surface area (Å²) >= 11 is 3.55. The van der Waals surface area contributed by atoms with Gasteiger partial charge in [0.1, 0.15) is 16.0 Å². The molecule has 0 saturated heterocycles. The van der Waals surface area contributed by atoms with Gasteiger partial charge in [-0.15, -0.1) is 0 Å². The third kappa shape index (κ3) is 2.16. The fourth-order valence-electron chi connectivity index (χ4n) is 2.41. The van der Waals surface area contributed by atoms with Crippen molar-refractivity contribution in [1.29, 1.82) is 0 Å². The van der Waals surface area contributed by atoms with Gasteiger partial charge < -0.3 is 4.74 Å². The van der Waals surface area contributed by atoms with E-state index in [1.165, 1.54) is 12.1 Å². The maximum absolute atomic E-state index is 13.0. The molecule has 0 N–H and O–H groups in total. The lowest BCUT2D eigenvalue weighted by molar-refractivity contribution is 0.125. The van der Waals surface area contributed by atoms with Gasteiger partial charge in [-0.1, -0.05) is 0 Å². The Hall–Kier alpha value is -1.36. The molecule has 1 aromatic carbocycles. The highest BCUT2D eigenvalue weighted by atomic mass is 79.9. The van der Waals surface area contributed by atoms with E-state index in [0.29, 0.717) is 6.04 Å². The van der Waals surface area contributed by atoms with E-state index in [-0.39, 0.29) is 11.9 Å². The fraction of sp³-hybridized carbons (Fsp3) is 0.357. The van der Waals surface area contributed by atoms with Gasteiger partial charge in [-0.25, -0.2) is 9.07 Å². The van der Waals surface area contributed by atoms with Crippen LogP contribution in [0.5, 0.6) is 5.88 Å². The first kappa shape index (κ1) is 12.7. The van der Waals surface area contributed by atoms with Gasteiger partial charge in [0.2, 0.25) is 5.88 Å². The summed E-state index contributed by atoms with van der Waals surface area (Å²) in [5.74, 6) is 0.507. The van der Waals surface area contributed by atoms with Crippen molar-refractivity contribution in [2.45, 2.75) is 32.4 Å². The molecule has 2 aromatic rings. The number of halogens is 2. The fourth-order valence-corrected chi connectivity index (χ4v) is 3.00. The van der Waals surface area contributed by atoms with Gasteiger partial charge in [-0.3, -0.25) is 0 Å². The van der Waals surface area contributed by atoms with E-state index in [9.17, 15) is 4.39 Å². The van der Waals surface area contributed by atoms with Crippen LogP contribution in [0.4, 0.5) is 4.39 Å². The summed E-state index contributed by atoms with van der Waals surface area (Å²) in [6.45, 7) is 4.17. The first-order valence-electron chi connectivity index (χ1n) is 6.27. The van der Waals surface area contributed by atoms with Crippen LogP contribution in [0.2, 0.25) is 0 Å². The van der Waals surface area contributed by atoms with Crippen molar-refractivity contribution in [3.8, 4) is 17.1 Å². The minimum absolute atomic E-state index is 0.177. The lowest BCUT2D eigenvalue weighted by Gasteiger charge is -2.26. The Balaban J connectivity index is 2.09. The number of rotatable bonds is 1. The molecule has 0 saturated carbocycles. The lowest BCUT2D eigenvalue weighted by atomic mass is 10.1. The minimum atomic E-state index is -0.248. The predicted molar refractivity (Wildman–Crippen MR) is 74.7 cm³/mol. The molecule has 0 bridgehead atoms.